The van der Waals surface area contributed by atoms with Crippen molar-refractivity contribution in [1.82, 2.24) is 57.8 Å². The number of ketones is 1. The molecule has 14 atom stereocenters. The van der Waals surface area contributed by atoms with Crippen molar-refractivity contribution in [3.05, 3.63) is 71.0 Å². The number of methoxy groups -OCH3 is 5. The van der Waals surface area contributed by atoms with E-state index in [0.717, 1.165) is 72.7 Å². The first-order valence-electron chi connectivity index (χ1n) is 47.2. The number of carbonyl (C=O) groups excluding carboxylic acids is 15. The smallest absolute Gasteiger partial charge is 0.408 e. The Bertz CT molecular complexity index is 4720. The number of benzene rings is 2. The van der Waals surface area contributed by atoms with Gasteiger partial charge in [-0.3, -0.25) is 52.7 Å². The molecule has 0 unspecified atom stereocenters. The van der Waals surface area contributed by atoms with E-state index in [9.17, 15) is 81.5 Å². The fraction of sp³-hybridized carbons (Fsp3) is 0.656. The minimum Gasteiger partial charge on any atom is -0.481 e. The van der Waals surface area contributed by atoms with Gasteiger partial charge in [-0.1, -0.05) is 89.5 Å². The second kappa shape index (κ2) is 53.7. The van der Waals surface area contributed by atoms with Crippen molar-refractivity contribution in [3.63, 3.8) is 0 Å². The van der Waals surface area contributed by atoms with Crippen molar-refractivity contribution in [2.75, 3.05) is 68.3 Å². The molecule has 17 N–H and O–H groups in total. The van der Waals surface area contributed by atoms with Gasteiger partial charge in [0.25, 0.3) is 0 Å². The van der Waals surface area contributed by atoms with Gasteiger partial charge in [0.2, 0.25) is 47.3 Å². The number of aromatic amines is 2. The molecule has 5 saturated heterocycles. The van der Waals surface area contributed by atoms with E-state index in [1.807, 2.05) is 37.3 Å². The number of hydrogen-bond donors (Lipinski definition) is 15. The molecule has 136 heavy (non-hydrogen) atoms. The lowest BCUT2D eigenvalue weighted by Crippen LogP contribution is -2.49. The molecule has 0 bridgehead atoms. The van der Waals surface area contributed by atoms with E-state index in [-0.39, 0.29) is 151 Å². The zero-order valence-corrected chi connectivity index (χ0v) is 81.2. The maximum atomic E-state index is 13.3. The first-order valence-corrected chi connectivity index (χ1v) is 47.2. The van der Waals surface area contributed by atoms with Gasteiger partial charge in [0.05, 0.1) is 53.2 Å². The number of carboxylic acid groups (broad SMARTS) is 2. The number of nitrogens with one attached hydrogen (secondary N) is 11. The average molecular weight is 1950 g/mol. The van der Waals surface area contributed by atoms with Crippen LogP contribution >= 0.6 is 24.8 Å². The number of Topliss-reactive ketones (excluding diaryl/α,β-unsaturated/α-hetero) is 1. The Morgan fingerprint density at radius 2 is 0.728 bits per heavy atom. The number of ether oxygens (including phenoxy) is 6. The van der Waals surface area contributed by atoms with Crippen LogP contribution in [0.4, 0.5) is 4.79 Å². The minimum absolute atomic E-state index is 0. The van der Waals surface area contributed by atoms with Crippen LogP contribution in [0, 0.1) is 71.0 Å². The molecule has 15 rings (SSSR count). The van der Waals surface area contributed by atoms with E-state index < -0.39 is 95.6 Å². The van der Waals surface area contributed by atoms with E-state index in [1.54, 1.807) is 33.8 Å². The molecule has 40 heteroatoms. The van der Waals surface area contributed by atoms with Gasteiger partial charge in [-0.05, 0) is 207 Å². The highest BCUT2D eigenvalue weighted by molar-refractivity contribution is 6.03. The molecule has 2 aromatic carbocycles. The highest BCUT2D eigenvalue weighted by atomic mass is 35.5. The highest BCUT2D eigenvalue weighted by Crippen LogP contribution is 2.45. The van der Waals surface area contributed by atoms with Crippen LogP contribution in [0.5, 0.6) is 0 Å². The number of fused-ring (bicyclic) bond motifs is 2. The molecule has 754 valence electrons. The third-order valence-electron chi connectivity index (χ3n) is 25.9. The lowest BCUT2D eigenvalue weighted by Gasteiger charge is -2.23. The van der Waals surface area contributed by atoms with Crippen LogP contribution in [0.1, 0.15) is 252 Å². The maximum Gasteiger partial charge on any atom is 0.408 e. The van der Waals surface area contributed by atoms with E-state index in [4.69, 9.17) is 40.6 Å². The second-order valence-electron chi connectivity index (χ2n) is 38.3. The van der Waals surface area contributed by atoms with Crippen molar-refractivity contribution in [2.24, 2.45) is 82.5 Å². The van der Waals surface area contributed by atoms with Crippen molar-refractivity contribution in [2.45, 2.75) is 262 Å². The van der Waals surface area contributed by atoms with E-state index in [0.29, 0.717) is 119 Å². The van der Waals surface area contributed by atoms with Crippen LogP contribution in [0.25, 0.3) is 21.8 Å². The van der Waals surface area contributed by atoms with Gasteiger partial charge in [0, 0.05) is 102 Å². The Labute approximate surface area is 804 Å². The first-order chi connectivity index (χ1) is 63.8. The fourth-order valence-corrected chi connectivity index (χ4v) is 17.0. The molecule has 4 aromatic rings. The van der Waals surface area contributed by atoms with E-state index in [1.165, 1.54) is 98.0 Å². The Morgan fingerprint density at radius 1 is 0.397 bits per heavy atom. The molecule has 5 aliphatic heterocycles. The summed E-state index contributed by atoms with van der Waals surface area (Å²) in [5.41, 5.74) is 15.9. The Kier molecular flexibility index (Phi) is 44.2. The number of aromatic carboxylic acids is 1. The summed E-state index contributed by atoms with van der Waals surface area (Å²) < 4.78 is 28.6. The number of rotatable bonds is 37. The Hall–Kier alpha value is -11.0. The van der Waals surface area contributed by atoms with Crippen molar-refractivity contribution in [3.8, 4) is 0 Å². The summed E-state index contributed by atoms with van der Waals surface area (Å²) in [5.74, 6) is -3.93. The summed E-state index contributed by atoms with van der Waals surface area (Å²) in [6, 6.07) is 11.2. The molecule has 38 nitrogen and oxygen atoms in total. The summed E-state index contributed by atoms with van der Waals surface area (Å²) in [7, 11) is 6.36. The minimum atomic E-state index is -0.910. The largest absolute Gasteiger partial charge is 0.481 e. The molecule has 0 spiro atoms. The third-order valence-corrected chi connectivity index (χ3v) is 25.9. The fourth-order valence-electron chi connectivity index (χ4n) is 17.0. The summed E-state index contributed by atoms with van der Waals surface area (Å²) in [5, 5.41) is 43.7. The normalized spacial score (nSPS) is 21.3. The number of alkyl carbamates (subject to hydrolysis) is 1. The van der Waals surface area contributed by atoms with Crippen LogP contribution in [-0.2, 0) is 95.5 Å². The highest BCUT2D eigenvalue weighted by Gasteiger charge is 2.42. The lowest BCUT2D eigenvalue weighted by atomic mass is 9.92. The summed E-state index contributed by atoms with van der Waals surface area (Å²) >= 11 is 0. The third kappa shape index (κ3) is 36.5. The number of carboxylic acids is 2. The quantitative estimate of drug-likeness (QED) is 0.0116. The predicted molar refractivity (Wildman–Crippen MR) is 503 cm³/mol. The number of aliphatic carboxylic acids is 1. The lowest BCUT2D eigenvalue weighted by molar-refractivity contribution is -0.146. The molecule has 11 aliphatic rings. The Morgan fingerprint density at radius 3 is 1.07 bits per heavy atom. The SMILES string of the molecule is COC(=O)[C@@H](N)C[C@@H]1CCNC1=O.COC(=O)[C@H](C[C@@H]1CCNC1=O)NC(=O)OC(C)(C)C.COC(=O)[C@H](C[C@@H]1CCNC1=O)NC(=O)[C@@H](C)CC1CC1.COC(=O)[C@H](C[C@@H]1CCNC1=O)NC(=O)[C@@H](CC(=O)c1cc2c(C3CC3)cccc2[nH]1)CC1CC1.COC(=O)[C@H](C[C@@H]1CCNC1=O)NC(=O)[C@@H](N)CC1CC1.C[C@@H](CC1CC1)C(=O)O.Cl.Cl.O=C(O)c1cc2c(C3CC3)cccc2[nH]1. The molecule has 2 aromatic heterocycles. The van der Waals surface area contributed by atoms with Crippen LogP contribution < -0.4 is 59.3 Å². The van der Waals surface area contributed by atoms with Crippen LogP contribution in [0.15, 0.2) is 48.5 Å². The van der Waals surface area contributed by atoms with E-state index in [2.05, 4.69) is 79.4 Å². The first kappa shape index (κ1) is 112. The Balaban J connectivity index is 0.000000223. The number of halogens is 2. The topological polar surface area (TPSA) is 578 Å². The number of H-pyrrole nitrogens is 2. The molecular formula is C96H141Cl2N13O25. The molecule has 0 radical (unpaired) electrons. The van der Waals surface area contributed by atoms with Crippen LogP contribution in [-0.4, -0.2) is 231 Å². The maximum absolute atomic E-state index is 13.3. The molecule has 6 saturated carbocycles. The molecule has 9 amide bonds. The number of esters is 5. The standard InChI is InChI=1S/C27H33N3O5.C15H24N2O4.C14H23N3O4.C13H22N2O5.C12H11NO2.C8H14N2O3.C7H12O2.2ClH/c1-35-27(34)23(12-17-9-10-28-25(17)32)30-26(33)18(11-15-5-6-15)13-24(31)22-14-20-19(16-7-8-16)3-2-4-21(20)29-22;1-9(7-10-3-4-10)13(18)17-12(15(20)21-2)8-11-5-6-16-14(11)19;1-21-14(20)11(7-9-4-5-16-12(9)18)17-13(19)10(15)6-8-2-3-8;1-13(2,3)20-12(18)15-9(11(17)19-4)7-8-5-6-14-10(8)16;14-12(15)11-6-9-8(7-4-5-7)2-1-3-10(9)13-11;1-13-8(12)6(9)4-5-2-3-10-7(5)11;1-5(7(8)9)4-6-2-3-6;;/h2-4,14-18,23,29H,5-13H2,1H3,(H,28,32)(H,30,33);9-12H,3-8H2,1-2H3,(H,16,19)(H,17,18);8-11H,2-7,15H2,1H3,(H,16,18)(H,17,19);8-9H,5-7H2,1-4H3,(H,14,16)(H,15,18);1-3,6-7,13H,4-5H2,(H,14,15);5-6H,2-4,9H2,1H3,(H,10,11);5-6H,2-4H2,1H3,(H,8,9);2*1H/t17-,18+,23-;9-,11-,12-;9-,10-,11-;8-,9-;;5-,6-;5-;;/m0000.00../s1. The number of aromatic nitrogens is 2. The van der Waals surface area contributed by atoms with Crippen molar-refractivity contribution < 1.29 is 120 Å². The van der Waals surface area contributed by atoms with Crippen molar-refractivity contribution in [1.29, 1.82) is 0 Å². The van der Waals surface area contributed by atoms with Gasteiger partial charge < -0.3 is 108 Å². The van der Waals surface area contributed by atoms with Gasteiger partial charge in [-0.2, -0.15) is 0 Å². The summed E-state index contributed by atoms with van der Waals surface area (Å²) in [6.45, 7) is 11.9. The van der Waals surface area contributed by atoms with Gasteiger partial charge in [0.1, 0.15) is 41.5 Å². The summed E-state index contributed by atoms with van der Waals surface area (Å²) in [6.07, 6.45) is 21.1. The number of amides is 9. The zero-order chi connectivity index (χ0) is 97.8. The monoisotopic (exact) mass is 1950 g/mol. The zero-order valence-electron chi connectivity index (χ0n) is 79.5. The number of carbonyl (C=O) groups is 17. The second-order valence-corrected chi connectivity index (χ2v) is 38.3. The van der Waals surface area contributed by atoms with E-state index >= 15 is 0 Å². The van der Waals surface area contributed by atoms with Gasteiger partial charge in [0.15, 0.2) is 5.78 Å². The van der Waals surface area contributed by atoms with Crippen molar-refractivity contribution >= 4 is 148 Å². The van der Waals surface area contributed by atoms with Gasteiger partial charge in [-0.25, -0.2) is 28.8 Å². The molecule has 7 heterocycles. The summed E-state index contributed by atoms with van der Waals surface area (Å²) in [4.78, 5) is 206. The molecule has 11 fully saturated rings. The van der Waals surface area contributed by atoms with Crippen LogP contribution in [0.3, 0.4) is 0 Å². The van der Waals surface area contributed by atoms with Gasteiger partial charge in [-0.15, -0.1) is 24.8 Å². The molecule has 6 aliphatic carbocycles. The number of nitrogens with two attached hydrogens (primary N) is 2. The van der Waals surface area contributed by atoms with Crippen LogP contribution in [0.2, 0.25) is 0 Å². The average Bonchev–Trinajstić information content (AvgIpc) is 1.63. The molecular weight excluding hydrogens is 1810 g/mol. The predicted octanol–water partition coefficient (Wildman–Crippen LogP) is 7.81. The van der Waals surface area contributed by atoms with Gasteiger partial charge >= 0.3 is 47.9 Å². The number of hydrogen-bond acceptors (Lipinski definition) is 25.